The molecule has 2 heteroatoms. The topological polar surface area (TPSA) is 3.24 Å². The zero-order valence-corrected chi connectivity index (χ0v) is 9.51. The highest BCUT2D eigenvalue weighted by molar-refractivity contribution is 14.1. The summed E-state index contributed by atoms with van der Waals surface area (Å²) in [5, 5.41) is 0. The van der Waals surface area contributed by atoms with Gasteiger partial charge in [0, 0.05) is 36.0 Å². The fourth-order valence-corrected chi connectivity index (χ4v) is 2.24. The maximum absolute atomic E-state index is 2.44. The van der Waals surface area contributed by atoms with Gasteiger partial charge in [-0.2, -0.15) is 0 Å². The molecule has 0 aromatic heterocycles. The van der Waals surface area contributed by atoms with Crippen molar-refractivity contribution in [2.24, 2.45) is 5.92 Å². The Hall–Kier alpha value is 0.690. The van der Waals surface area contributed by atoms with E-state index in [4.69, 9.17) is 0 Å². The third-order valence-corrected chi connectivity index (χ3v) is 3.49. The number of rotatable bonds is 3. The van der Waals surface area contributed by atoms with Crippen molar-refractivity contribution in [2.75, 3.05) is 13.1 Å². The second kappa shape index (κ2) is 5.36. The van der Waals surface area contributed by atoms with Crippen LogP contribution in [-0.2, 0) is 0 Å². The van der Waals surface area contributed by atoms with Crippen molar-refractivity contribution in [1.82, 2.24) is 3.11 Å². The van der Waals surface area contributed by atoms with Gasteiger partial charge in [0.2, 0.25) is 0 Å². The van der Waals surface area contributed by atoms with E-state index in [1.807, 2.05) is 0 Å². The molecule has 11 heavy (non-hydrogen) atoms. The van der Waals surface area contributed by atoms with Crippen LogP contribution in [0.1, 0.15) is 39.0 Å². The molecule has 0 aromatic rings. The van der Waals surface area contributed by atoms with Gasteiger partial charge in [0.25, 0.3) is 0 Å². The van der Waals surface area contributed by atoms with Crippen LogP contribution < -0.4 is 0 Å². The number of piperidine rings is 1. The summed E-state index contributed by atoms with van der Waals surface area (Å²) in [5.74, 6) is 1.04. The summed E-state index contributed by atoms with van der Waals surface area (Å²) in [7, 11) is 0. The minimum Gasteiger partial charge on any atom is -0.248 e. The smallest absolute Gasteiger partial charge is 0.0201 e. The SMILES string of the molecule is CCCCC1CCN(I)CC1. The number of hydrogen-bond acceptors (Lipinski definition) is 1. The molecule has 66 valence electrons. The van der Waals surface area contributed by atoms with Gasteiger partial charge in [-0.15, -0.1) is 0 Å². The first-order valence-electron chi connectivity index (χ1n) is 4.73. The van der Waals surface area contributed by atoms with Gasteiger partial charge in [0.15, 0.2) is 0 Å². The molecule has 0 saturated carbocycles. The van der Waals surface area contributed by atoms with Crippen LogP contribution in [-0.4, -0.2) is 16.2 Å². The summed E-state index contributed by atoms with van der Waals surface area (Å²) in [6.07, 6.45) is 7.14. The quantitative estimate of drug-likeness (QED) is 0.560. The minimum absolute atomic E-state index is 1.04. The Bertz CT molecular complexity index is 95.0. The van der Waals surface area contributed by atoms with E-state index in [-0.39, 0.29) is 0 Å². The molecule has 0 bridgehead atoms. The number of hydrogen-bond donors (Lipinski definition) is 0. The number of nitrogens with zero attached hydrogens (tertiary/aromatic N) is 1. The van der Waals surface area contributed by atoms with Gasteiger partial charge in [-0.3, -0.25) is 0 Å². The maximum Gasteiger partial charge on any atom is 0.0201 e. The summed E-state index contributed by atoms with van der Waals surface area (Å²) >= 11 is 2.44. The fraction of sp³-hybridized carbons (Fsp3) is 1.00. The van der Waals surface area contributed by atoms with Gasteiger partial charge in [0.05, 0.1) is 0 Å². The van der Waals surface area contributed by atoms with Gasteiger partial charge in [-0.05, 0) is 18.8 Å². The molecular formula is C9H18IN. The van der Waals surface area contributed by atoms with Crippen LogP contribution in [0.4, 0.5) is 0 Å². The lowest BCUT2D eigenvalue weighted by molar-refractivity contribution is 0.290. The first kappa shape index (κ1) is 9.78. The second-order valence-corrected chi connectivity index (χ2v) is 4.86. The van der Waals surface area contributed by atoms with Crippen LogP contribution >= 0.6 is 22.9 Å². The predicted octanol–water partition coefficient (Wildman–Crippen LogP) is 3.24. The van der Waals surface area contributed by atoms with Crippen molar-refractivity contribution in [1.29, 1.82) is 0 Å². The summed E-state index contributed by atoms with van der Waals surface area (Å²) in [4.78, 5) is 0. The van der Waals surface area contributed by atoms with E-state index in [1.165, 1.54) is 45.2 Å². The van der Waals surface area contributed by atoms with Gasteiger partial charge in [-0.25, -0.2) is 3.11 Å². The molecular weight excluding hydrogens is 249 g/mol. The third-order valence-electron chi connectivity index (χ3n) is 2.53. The summed E-state index contributed by atoms with van der Waals surface area (Å²) < 4.78 is 2.42. The van der Waals surface area contributed by atoms with Crippen LogP contribution in [0.5, 0.6) is 0 Å². The van der Waals surface area contributed by atoms with Crippen molar-refractivity contribution in [3.05, 3.63) is 0 Å². The largest absolute Gasteiger partial charge is 0.248 e. The monoisotopic (exact) mass is 267 g/mol. The zero-order valence-electron chi connectivity index (χ0n) is 7.35. The van der Waals surface area contributed by atoms with Crippen molar-refractivity contribution in [3.63, 3.8) is 0 Å². The van der Waals surface area contributed by atoms with Crippen molar-refractivity contribution < 1.29 is 0 Å². The number of halogens is 1. The molecule has 0 aromatic carbocycles. The summed E-state index contributed by atoms with van der Waals surface area (Å²) in [6, 6.07) is 0. The van der Waals surface area contributed by atoms with E-state index in [9.17, 15) is 0 Å². The van der Waals surface area contributed by atoms with E-state index < -0.39 is 0 Å². The maximum atomic E-state index is 2.44. The van der Waals surface area contributed by atoms with Gasteiger partial charge in [-0.1, -0.05) is 26.2 Å². The van der Waals surface area contributed by atoms with Crippen LogP contribution in [0.2, 0.25) is 0 Å². The van der Waals surface area contributed by atoms with Crippen molar-refractivity contribution >= 4 is 22.9 Å². The van der Waals surface area contributed by atoms with E-state index in [0.717, 1.165) is 5.92 Å². The molecule has 1 fully saturated rings. The lowest BCUT2D eigenvalue weighted by Crippen LogP contribution is -2.25. The number of unbranched alkanes of at least 4 members (excludes halogenated alkanes) is 1. The zero-order chi connectivity index (χ0) is 8.10. The Kier molecular flexibility index (Phi) is 4.76. The molecule has 1 heterocycles. The molecule has 0 unspecified atom stereocenters. The molecule has 1 aliphatic rings. The summed E-state index contributed by atoms with van der Waals surface area (Å²) in [6.45, 7) is 4.91. The average Bonchev–Trinajstić information content (AvgIpc) is 2.04. The highest BCUT2D eigenvalue weighted by Crippen LogP contribution is 2.23. The molecule has 1 nitrogen and oxygen atoms in total. The van der Waals surface area contributed by atoms with Gasteiger partial charge < -0.3 is 0 Å². The first-order chi connectivity index (χ1) is 5.33. The molecule has 0 aliphatic carbocycles. The van der Waals surface area contributed by atoms with Gasteiger partial charge >= 0.3 is 0 Å². The van der Waals surface area contributed by atoms with Crippen LogP contribution in [0.3, 0.4) is 0 Å². The Morgan fingerprint density at radius 1 is 1.36 bits per heavy atom. The molecule has 1 rings (SSSR count). The van der Waals surface area contributed by atoms with E-state index in [2.05, 4.69) is 32.9 Å². The van der Waals surface area contributed by atoms with E-state index in [1.54, 1.807) is 0 Å². The minimum atomic E-state index is 1.04. The highest BCUT2D eigenvalue weighted by atomic mass is 127. The van der Waals surface area contributed by atoms with Crippen molar-refractivity contribution in [2.45, 2.75) is 39.0 Å². The van der Waals surface area contributed by atoms with Crippen LogP contribution in [0.15, 0.2) is 0 Å². The normalized spacial score (nSPS) is 22.4. The highest BCUT2D eigenvalue weighted by Gasteiger charge is 2.16. The van der Waals surface area contributed by atoms with Crippen molar-refractivity contribution in [3.8, 4) is 0 Å². The Morgan fingerprint density at radius 3 is 2.55 bits per heavy atom. The van der Waals surface area contributed by atoms with Crippen LogP contribution in [0.25, 0.3) is 0 Å². The molecule has 0 spiro atoms. The third kappa shape index (κ3) is 3.74. The lowest BCUT2D eigenvalue weighted by atomic mass is 9.93. The van der Waals surface area contributed by atoms with Crippen LogP contribution in [0, 0.1) is 5.92 Å². The Balaban J connectivity index is 2.07. The average molecular weight is 267 g/mol. The Morgan fingerprint density at radius 2 is 2.00 bits per heavy atom. The first-order valence-corrected chi connectivity index (χ1v) is 5.70. The lowest BCUT2D eigenvalue weighted by Gasteiger charge is -2.27. The Labute approximate surface area is 84.0 Å². The standard InChI is InChI=1S/C9H18IN/c1-2-3-4-9-5-7-11(10)8-6-9/h9H,2-8H2,1H3. The molecule has 0 radical (unpaired) electrons. The molecule has 1 aliphatic heterocycles. The van der Waals surface area contributed by atoms with E-state index >= 15 is 0 Å². The molecule has 0 N–H and O–H groups in total. The fourth-order valence-electron chi connectivity index (χ4n) is 1.68. The predicted molar refractivity (Wildman–Crippen MR) is 57.8 cm³/mol. The molecule has 0 atom stereocenters. The van der Waals surface area contributed by atoms with E-state index in [0.29, 0.717) is 0 Å². The molecule has 1 saturated heterocycles. The second-order valence-electron chi connectivity index (χ2n) is 3.50. The summed E-state index contributed by atoms with van der Waals surface area (Å²) in [5.41, 5.74) is 0. The molecule has 0 amide bonds. The van der Waals surface area contributed by atoms with Gasteiger partial charge in [0.1, 0.15) is 0 Å².